The summed E-state index contributed by atoms with van der Waals surface area (Å²) in [6, 6.07) is -2.13. The zero-order valence-electron chi connectivity index (χ0n) is 11.4. The van der Waals surface area contributed by atoms with Gasteiger partial charge in [-0.05, 0) is 12.8 Å². The molecule has 1 aromatic heterocycles. The zero-order chi connectivity index (χ0) is 15.7. The molecule has 2 amide bonds. The lowest BCUT2D eigenvalue weighted by Crippen LogP contribution is -2.47. The van der Waals surface area contributed by atoms with Gasteiger partial charge in [0.15, 0.2) is 0 Å². The molecule has 0 fully saturated rings. The van der Waals surface area contributed by atoms with Gasteiger partial charge >= 0.3 is 18.0 Å². The van der Waals surface area contributed by atoms with Crippen molar-refractivity contribution in [3.8, 4) is 0 Å². The fraction of sp³-hybridized carbons (Fsp3) is 0.500. The number of unbranched alkanes of at least 4 members (excludes halogenated alkanes) is 1. The highest BCUT2D eigenvalue weighted by Gasteiger charge is 2.22. The second-order valence-electron chi connectivity index (χ2n) is 4.40. The molecule has 0 saturated carbocycles. The number of nitrogens with zero attached hydrogens (tertiary/aromatic N) is 2. The summed E-state index contributed by atoms with van der Waals surface area (Å²) in [4.78, 5) is 36.6. The third kappa shape index (κ3) is 6.95. The molecule has 0 spiro atoms. The number of hydrogen-bond donors (Lipinski definition) is 4. The summed E-state index contributed by atoms with van der Waals surface area (Å²) < 4.78 is 1.91. The third-order valence-corrected chi connectivity index (χ3v) is 2.67. The van der Waals surface area contributed by atoms with Crippen molar-refractivity contribution < 1.29 is 24.6 Å². The van der Waals surface area contributed by atoms with Gasteiger partial charge in [-0.3, -0.25) is 4.79 Å². The highest BCUT2D eigenvalue weighted by molar-refractivity contribution is 5.86. The van der Waals surface area contributed by atoms with Crippen LogP contribution in [0, 0.1) is 0 Å². The van der Waals surface area contributed by atoms with Gasteiger partial charge < -0.3 is 25.4 Å². The summed E-state index contributed by atoms with van der Waals surface area (Å²) in [5.74, 6) is -2.67. The minimum atomic E-state index is -1.44. The molecule has 116 valence electrons. The molecule has 0 radical (unpaired) electrons. The van der Waals surface area contributed by atoms with E-state index in [0.29, 0.717) is 13.0 Å². The number of carboxylic acid groups (broad SMARTS) is 2. The van der Waals surface area contributed by atoms with E-state index in [0.717, 1.165) is 13.0 Å². The molecule has 0 aliphatic rings. The topological polar surface area (TPSA) is 134 Å². The van der Waals surface area contributed by atoms with Crippen molar-refractivity contribution in [2.45, 2.75) is 31.8 Å². The average Bonchev–Trinajstić information content (AvgIpc) is 2.90. The van der Waals surface area contributed by atoms with Gasteiger partial charge in [0.25, 0.3) is 0 Å². The predicted molar refractivity (Wildman–Crippen MR) is 71.7 cm³/mol. The fourth-order valence-corrected chi connectivity index (χ4v) is 1.62. The molecule has 0 bridgehead atoms. The van der Waals surface area contributed by atoms with E-state index in [-0.39, 0.29) is 0 Å². The van der Waals surface area contributed by atoms with Crippen LogP contribution in [0.25, 0.3) is 0 Å². The Bertz CT molecular complexity index is 474. The molecule has 9 heteroatoms. The second kappa shape index (κ2) is 8.56. The first-order valence-electron chi connectivity index (χ1n) is 6.43. The van der Waals surface area contributed by atoms with E-state index in [2.05, 4.69) is 15.6 Å². The average molecular weight is 298 g/mol. The van der Waals surface area contributed by atoms with Crippen LogP contribution < -0.4 is 10.6 Å². The van der Waals surface area contributed by atoms with E-state index >= 15 is 0 Å². The molecule has 1 heterocycles. The van der Waals surface area contributed by atoms with Crippen molar-refractivity contribution >= 4 is 18.0 Å². The number of imidazole rings is 1. The van der Waals surface area contributed by atoms with Crippen LogP contribution in [-0.4, -0.2) is 50.3 Å². The molecule has 4 N–H and O–H groups in total. The standard InChI is InChI=1S/C12H18N4O5/c17-10(18)7-9(11(19)20)15-12(21)14-3-1-2-5-16-6-4-13-8-16/h4,6,8-9H,1-3,5,7H2,(H,17,18)(H,19,20)(H2,14,15,21). The third-order valence-electron chi connectivity index (χ3n) is 2.67. The van der Waals surface area contributed by atoms with Crippen molar-refractivity contribution in [2.75, 3.05) is 6.54 Å². The molecular weight excluding hydrogens is 280 g/mol. The van der Waals surface area contributed by atoms with Crippen molar-refractivity contribution in [3.05, 3.63) is 18.7 Å². The van der Waals surface area contributed by atoms with E-state index in [1.54, 1.807) is 12.5 Å². The molecule has 1 aromatic rings. The van der Waals surface area contributed by atoms with Crippen molar-refractivity contribution in [1.82, 2.24) is 20.2 Å². The number of aliphatic carboxylic acids is 2. The number of hydrogen-bond acceptors (Lipinski definition) is 4. The molecule has 1 rings (SSSR count). The Balaban J connectivity index is 2.17. The molecule has 0 aliphatic carbocycles. The van der Waals surface area contributed by atoms with Gasteiger partial charge in [0, 0.05) is 25.5 Å². The zero-order valence-corrected chi connectivity index (χ0v) is 11.4. The largest absolute Gasteiger partial charge is 0.481 e. The SMILES string of the molecule is O=C(O)CC(NC(=O)NCCCCn1ccnc1)C(=O)O. The first kappa shape index (κ1) is 16.5. The van der Waals surface area contributed by atoms with Gasteiger partial charge in [-0.25, -0.2) is 14.6 Å². The van der Waals surface area contributed by atoms with Crippen molar-refractivity contribution in [3.63, 3.8) is 0 Å². The van der Waals surface area contributed by atoms with E-state index < -0.39 is 30.4 Å². The summed E-state index contributed by atoms with van der Waals surface area (Å²) in [6.45, 7) is 1.15. The first-order valence-corrected chi connectivity index (χ1v) is 6.43. The lowest BCUT2D eigenvalue weighted by molar-refractivity contribution is -0.145. The molecule has 1 atom stereocenters. The minimum Gasteiger partial charge on any atom is -0.481 e. The molecule has 9 nitrogen and oxygen atoms in total. The van der Waals surface area contributed by atoms with Crippen LogP contribution >= 0.6 is 0 Å². The summed E-state index contributed by atoms with van der Waals surface area (Å²) in [5, 5.41) is 21.9. The van der Waals surface area contributed by atoms with Gasteiger partial charge in [-0.15, -0.1) is 0 Å². The van der Waals surface area contributed by atoms with Gasteiger partial charge in [-0.2, -0.15) is 0 Å². The smallest absolute Gasteiger partial charge is 0.326 e. The number of nitrogens with one attached hydrogen (secondary N) is 2. The lowest BCUT2D eigenvalue weighted by Gasteiger charge is -2.13. The van der Waals surface area contributed by atoms with Gasteiger partial charge in [-0.1, -0.05) is 0 Å². The van der Waals surface area contributed by atoms with Crippen molar-refractivity contribution in [2.24, 2.45) is 0 Å². The van der Waals surface area contributed by atoms with Crippen molar-refractivity contribution in [1.29, 1.82) is 0 Å². The van der Waals surface area contributed by atoms with E-state index in [1.165, 1.54) is 0 Å². The normalized spacial score (nSPS) is 11.6. The van der Waals surface area contributed by atoms with E-state index in [1.807, 2.05) is 10.8 Å². The first-order chi connectivity index (χ1) is 9.99. The quantitative estimate of drug-likeness (QED) is 0.470. The predicted octanol–water partition coefficient (Wildman–Crippen LogP) is -0.110. The maximum Gasteiger partial charge on any atom is 0.326 e. The molecule has 0 saturated heterocycles. The second-order valence-corrected chi connectivity index (χ2v) is 4.40. The van der Waals surface area contributed by atoms with Crippen LogP contribution in [0.3, 0.4) is 0 Å². The summed E-state index contributed by atoms with van der Waals surface area (Å²) >= 11 is 0. The Hall–Kier alpha value is -2.58. The number of carboxylic acids is 2. The number of carbonyl (C=O) groups is 3. The Morgan fingerprint density at radius 1 is 1.24 bits per heavy atom. The Morgan fingerprint density at radius 2 is 2.00 bits per heavy atom. The van der Waals surface area contributed by atoms with Gasteiger partial charge in [0.1, 0.15) is 6.04 Å². The summed E-state index contributed by atoms with van der Waals surface area (Å²) in [7, 11) is 0. The maximum absolute atomic E-state index is 11.4. The number of carbonyl (C=O) groups excluding carboxylic acids is 1. The molecule has 21 heavy (non-hydrogen) atoms. The molecule has 0 aliphatic heterocycles. The van der Waals surface area contributed by atoms with Gasteiger partial charge in [0.2, 0.25) is 0 Å². The van der Waals surface area contributed by atoms with Crippen LogP contribution in [0.15, 0.2) is 18.7 Å². The Morgan fingerprint density at radius 3 is 2.57 bits per heavy atom. The number of aryl methyl sites for hydroxylation is 1. The minimum absolute atomic E-state index is 0.375. The monoisotopic (exact) mass is 298 g/mol. The van der Waals surface area contributed by atoms with Crippen LogP contribution in [0.2, 0.25) is 0 Å². The van der Waals surface area contributed by atoms with Crippen LogP contribution in [0.1, 0.15) is 19.3 Å². The van der Waals surface area contributed by atoms with Crippen LogP contribution in [0.5, 0.6) is 0 Å². The lowest BCUT2D eigenvalue weighted by atomic mass is 10.2. The Labute approximate surface area is 121 Å². The summed E-state index contributed by atoms with van der Waals surface area (Å²) in [5.41, 5.74) is 0. The fourth-order valence-electron chi connectivity index (χ4n) is 1.62. The number of rotatable bonds is 9. The molecule has 0 aromatic carbocycles. The van der Waals surface area contributed by atoms with Gasteiger partial charge in [0.05, 0.1) is 12.7 Å². The van der Waals surface area contributed by atoms with E-state index in [4.69, 9.17) is 10.2 Å². The van der Waals surface area contributed by atoms with Crippen LogP contribution in [0.4, 0.5) is 4.79 Å². The Kier molecular flexibility index (Phi) is 6.72. The summed E-state index contributed by atoms with van der Waals surface area (Å²) in [6.07, 6.45) is 6.09. The van der Waals surface area contributed by atoms with Crippen LogP contribution in [-0.2, 0) is 16.1 Å². The highest BCUT2D eigenvalue weighted by Crippen LogP contribution is 1.95. The number of aromatic nitrogens is 2. The molecular formula is C12H18N4O5. The number of amides is 2. The molecule has 1 unspecified atom stereocenters. The number of urea groups is 1. The highest BCUT2D eigenvalue weighted by atomic mass is 16.4. The maximum atomic E-state index is 11.4. The van der Waals surface area contributed by atoms with E-state index in [9.17, 15) is 14.4 Å².